The third-order valence-corrected chi connectivity index (χ3v) is 3.98. The number of halogens is 1. The van der Waals surface area contributed by atoms with Gasteiger partial charge in [0.15, 0.2) is 0 Å². The predicted octanol–water partition coefficient (Wildman–Crippen LogP) is 3.04. The smallest absolute Gasteiger partial charge is 0.148 e. The number of rotatable bonds is 2. The van der Waals surface area contributed by atoms with Gasteiger partial charge in [0.2, 0.25) is 0 Å². The van der Waals surface area contributed by atoms with Crippen molar-refractivity contribution in [1.82, 2.24) is 0 Å². The van der Waals surface area contributed by atoms with Crippen LogP contribution in [0.1, 0.15) is 26.7 Å². The molecule has 2 atom stereocenters. The summed E-state index contributed by atoms with van der Waals surface area (Å²) in [7, 11) is 1.55. The van der Waals surface area contributed by atoms with Crippen molar-refractivity contribution >= 4 is 11.4 Å². The molecule has 2 N–H and O–H groups in total. The van der Waals surface area contributed by atoms with Crippen molar-refractivity contribution in [3.63, 3.8) is 0 Å². The number of benzene rings is 1. The molecule has 2 rings (SSSR count). The van der Waals surface area contributed by atoms with Crippen LogP contribution in [0.15, 0.2) is 12.1 Å². The van der Waals surface area contributed by atoms with E-state index in [0.717, 1.165) is 13.0 Å². The van der Waals surface area contributed by atoms with E-state index in [-0.39, 0.29) is 5.82 Å². The molecule has 1 saturated heterocycles. The van der Waals surface area contributed by atoms with Crippen molar-refractivity contribution in [1.29, 1.82) is 0 Å². The number of piperidine rings is 1. The second kappa shape index (κ2) is 5.04. The maximum absolute atomic E-state index is 14.1. The van der Waals surface area contributed by atoms with E-state index in [1.807, 2.05) is 0 Å². The molecule has 0 saturated carbocycles. The lowest BCUT2D eigenvalue weighted by Gasteiger charge is -2.39. The van der Waals surface area contributed by atoms with E-state index in [1.165, 1.54) is 12.5 Å². The van der Waals surface area contributed by atoms with Gasteiger partial charge in [-0.3, -0.25) is 0 Å². The minimum Gasteiger partial charge on any atom is -0.495 e. The van der Waals surface area contributed by atoms with Gasteiger partial charge in [-0.2, -0.15) is 0 Å². The molecule has 0 bridgehead atoms. The van der Waals surface area contributed by atoms with Gasteiger partial charge >= 0.3 is 0 Å². The monoisotopic (exact) mass is 252 g/mol. The van der Waals surface area contributed by atoms with Crippen LogP contribution < -0.4 is 15.4 Å². The largest absolute Gasteiger partial charge is 0.495 e. The molecule has 0 spiro atoms. The van der Waals surface area contributed by atoms with Crippen LogP contribution in [-0.2, 0) is 0 Å². The van der Waals surface area contributed by atoms with Crippen molar-refractivity contribution in [3.8, 4) is 5.75 Å². The first-order chi connectivity index (χ1) is 8.54. The summed E-state index contributed by atoms with van der Waals surface area (Å²) in [5.74, 6) is 0.841. The zero-order chi connectivity index (χ0) is 13.3. The number of nitrogen functional groups attached to an aromatic ring is 1. The number of anilines is 2. The Morgan fingerprint density at radius 1 is 1.39 bits per heavy atom. The van der Waals surface area contributed by atoms with Crippen molar-refractivity contribution < 1.29 is 9.13 Å². The van der Waals surface area contributed by atoms with Crippen LogP contribution in [-0.4, -0.2) is 19.7 Å². The highest BCUT2D eigenvalue weighted by Gasteiger charge is 2.27. The van der Waals surface area contributed by atoms with E-state index in [9.17, 15) is 4.39 Å². The molecule has 1 heterocycles. The van der Waals surface area contributed by atoms with Crippen molar-refractivity contribution in [2.24, 2.45) is 5.92 Å². The highest BCUT2D eigenvalue weighted by atomic mass is 19.1. The summed E-state index contributed by atoms with van der Waals surface area (Å²) in [4.78, 5) is 2.12. The Morgan fingerprint density at radius 3 is 2.78 bits per heavy atom. The maximum atomic E-state index is 14.1. The van der Waals surface area contributed by atoms with Crippen LogP contribution in [0.4, 0.5) is 15.8 Å². The summed E-state index contributed by atoms with van der Waals surface area (Å²) >= 11 is 0. The normalized spacial score (nSPS) is 24.1. The van der Waals surface area contributed by atoms with Crippen LogP contribution in [0.25, 0.3) is 0 Å². The van der Waals surface area contributed by atoms with Gasteiger partial charge in [-0.1, -0.05) is 6.92 Å². The Labute approximate surface area is 108 Å². The van der Waals surface area contributed by atoms with Gasteiger partial charge in [-0.15, -0.1) is 0 Å². The molecule has 0 amide bonds. The topological polar surface area (TPSA) is 38.5 Å². The first-order valence-electron chi connectivity index (χ1n) is 6.44. The Morgan fingerprint density at radius 2 is 2.11 bits per heavy atom. The Balaban J connectivity index is 2.37. The fourth-order valence-corrected chi connectivity index (χ4v) is 2.63. The van der Waals surface area contributed by atoms with Crippen LogP contribution in [0.3, 0.4) is 0 Å². The summed E-state index contributed by atoms with van der Waals surface area (Å²) in [6.45, 7) is 5.24. The van der Waals surface area contributed by atoms with Crippen molar-refractivity contribution in [2.45, 2.75) is 32.7 Å². The molecule has 0 aliphatic carbocycles. The SMILES string of the molecule is COc1cc(N2CCCC(C)C2C)c(F)cc1N. The standard InChI is InChI=1S/C14H21FN2O/c1-9-5-4-6-17(10(9)2)13-8-14(18-3)12(16)7-11(13)15/h7-10H,4-6,16H2,1-3H3. The molecule has 1 aliphatic heterocycles. The van der Waals surface area contributed by atoms with E-state index >= 15 is 0 Å². The zero-order valence-electron chi connectivity index (χ0n) is 11.2. The number of nitrogens with zero attached hydrogens (tertiary/aromatic N) is 1. The quantitative estimate of drug-likeness (QED) is 0.822. The second-order valence-corrected chi connectivity index (χ2v) is 5.10. The lowest BCUT2D eigenvalue weighted by molar-refractivity contribution is 0.359. The van der Waals surface area contributed by atoms with Gasteiger partial charge < -0.3 is 15.4 Å². The minimum absolute atomic E-state index is 0.269. The van der Waals surface area contributed by atoms with Crippen LogP contribution in [0.2, 0.25) is 0 Å². The summed E-state index contributed by atoms with van der Waals surface area (Å²) < 4.78 is 19.2. The highest BCUT2D eigenvalue weighted by Crippen LogP contribution is 2.35. The lowest BCUT2D eigenvalue weighted by atomic mass is 9.91. The van der Waals surface area contributed by atoms with E-state index in [1.54, 1.807) is 13.2 Å². The summed E-state index contributed by atoms with van der Waals surface area (Å²) in [5, 5.41) is 0. The lowest BCUT2D eigenvalue weighted by Crippen LogP contribution is -2.42. The molecule has 18 heavy (non-hydrogen) atoms. The Kier molecular flexibility index (Phi) is 3.64. The third kappa shape index (κ3) is 2.24. The van der Waals surface area contributed by atoms with Crippen LogP contribution >= 0.6 is 0 Å². The molecule has 3 nitrogen and oxygen atoms in total. The van der Waals surface area contributed by atoms with E-state index < -0.39 is 0 Å². The number of hydrogen-bond donors (Lipinski definition) is 1. The molecule has 4 heteroatoms. The van der Waals surface area contributed by atoms with Gasteiger partial charge in [-0.25, -0.2) is 4.39 Å². The summed E-state index contributed by atoms with van der Waals surface area (Å²) in [6, 6.07) is 3.39. The third-order valence-electron chi connectivity index (χ3n) is 3.98. The Bertz CT molecular complexity index is 436. The van der Waals surface area contributed by atoms with Gasteiger partial charge in [0, 0.05) is 24.7 Å². The minimum atomic E-state index is -0.269. The van der Waals surface area contributed by atoms with Gasteiger partial charge in [0.05, 0.1) is 18.5 Å². The molecule has 1 aromatic rings. The van der Waals surface area contributed by atoms with Crippen molar-refractivity contribution in [2.75, 3.05) is 24.3 Å². The number of methoxy groups -OCH3 is 1. The number of nitrogens with two attached hydrogens (primary N) is 1. The zero-order valence-corrected chi connectivity index (χ0v) is 11.2. The van der Waals surface area contributed by atoms with Crippen LogP contribution in [0, 0.1) is 11.7 Å². The maximum Gasteiger partial charge on any atom is 0.148 e. The van der Waals surface area contributed by atoms with Crippen LogP contribution in [0.5, 0.6) is 5.75 Å². The van der Waals surface area contributed by atoms with E-state index in [0.29, 0.717) is 29.1 Å². The first-order valence-corrected chi connectivity index (χ1v) is 6.44. The molecule has 2 unspecified atom stereocenters. The van der Waals surface area contributed by atoms with Gasteiger partial charge in [0.1, 0.15) is 11.6 Å². The fraction of sp³-hybridized carbons (Fsp3) is 0.571. The predicted molar refractivity (Wildman–Crippen MR) is 72.6 cm³/mol. The van der Waals surface area contributed by atoms with E-state index in [4.69, 9.17) is 10.5 Å². The highest BCUT2D eigenvalue weighted by molar-refractivity contribution is 5.63. The number of hydrogen-bond acceptors (Lipinski definition) is 3. The molecule has 1 aliphatic rings. The van der Waals surface area contributed by atoms with E-state index in [2.05, 4.69) is 18.7 Å². The summed E-state index contributed by atoms with van der Waals surface area (Å²) in [6.07, 6.45) is 2.29. The Hall–Kier alpha value is -1.45. The van der Waals surface area contributed by atoms with Gasteiger partial charge in [-0.05, 0) is 25.7 Å². The summed E-state index contributed by atoms with van der Waals surface area (Å²) in [5.41, 5.74) is 6.65. The fourth-order valence-electron chi connectivity index (χ4n) is 2.63. The average Bonchev–Trinajstić information content (AvgIpc) is 2.34. The van der Waals surface area contributed by atoms with Gasteiger partial charge in [0.25, 0.3) is 0 Å². The molecular formula is C14H21FN2O. The molecule has 100 valence electrons. The molecule has 1 fully saturated rings. The van der Waals surface area contributed by atoms with Crippen molar-refractivity contribution in [3.05, 3.63) is 17.9 Å². The average molecular weight is 252 g/mol. The molecular weight excluding hydrogens is 231 g/mol. The first kappa shape index (κ1) is 13.0. The molecule has 0 radical (unpaired) electrons. The molecule has 0 aromatic heterocycles. The number of ether oxygens (including phenoxy) is 1. The second-order valence-electron chi connectivity index (χ2n) is 5.10. The molecule has 1 aromatic carbocycles.